The lowest BCUT2D eigenvalue weighted by Gasteiger charge is -2.56. The first-order valence-electron chi connectivity index (χ1n) is 9.56. The van der Waals surface area contributed by atoms with E-state index in [1.807, 2.05) is 13.8 Å². The number of piperidine rings is 2. The number of rotatable bonds is 2. The topological polar surface area (TPSA) is 6.48 Å². The van der Waals surface area contributed by atoms with Crippen molar-refractivity contribution in [3.63, 3.8) is 0 Å². The van der Waals surface area contributed by atoms with Crippen LogP contribution in [0.25, 0.3) is 0 Å². The monoisotopic (exact) mass is 294 g/mol. The molecule has 1 spiro atoms. The van der Waals surface area contributed by atoms with Crippen LogP contribution in [0.3, 0.4) is 0 Å². The second kappa shape index (κ2) is 7.46. The molecule has 2 saturated heterocycles. The van der Waals surface area contributed by atoms with Gasteiger partial charge in [0.05, 0.1) is 0 Å². The summed E-state index contributed by atoms with van der Waals surface area (Å²) in [6, 6.07) is 1.69. The van der Waals surface area contributed by atoms with Gasteiger partial charge in [-0.1, -0.05) is 20.8 Å². The van der Waals surface area contributed by atoms with Gasteiger partial charge in [0.25, 0.3) is 0 Å². The molecule has 0 bridgehead atoms. The molecule has 0 radical (unpaired) electrons. The minimum Gasteiger partial charge on any atom is -0.301 e. The predicted octanol–water partition coefficient (Wildman–Crippen LogP) is 4.40. The van der Waals surface area contributed by atoms with Gasteiger partial charge in [-0.3, -0.25) is 0 Å². The summed E-state index contributed by atoms with van der Waals surface area (Å²) in [5, 5.41) is 0. The van der Waals surface area contributed by atoms with Gasteiger partial charge < -0.3 is 9.80 Å². The van der Waals surface area contributed by atoms with Gasteiger partial charge in [-0.2, -0.15) is 0 Å². The summed E-state index contributed by atoms with van der Waals surface area (Å²) in [4.78, 5) is 5.47. The number of nitrogens with zero attached hydrogens (tertiary/aromatic N) is 2. The van der Waals surface area contributed by atoms with Crippen LogP contribution in [0.4, 0.5) is 0 Å². The van der Waals surface area contributed by atoms with Crippen molar-refractivity contribution in [2.45, 2.75) is 85.2 Å². The van der Waals surface area contributed by atoms with Crippen molar-refractivity contribution in [2.24, 2.45) is 11.3 Å². The first-order valence-corrected chi connectivity index (χ1v) is 9.56. The molecule has 3 aliphatic rings. The third-order valence-corrected chi connectivity index (χ3v) is 6.26. The van der Waals surface area contributed by atoms with Crippen molar-refractivity contribution in [3.8, 4) is 0 Å². The van der Waals surface area contributed by atoms with E-state index in [-0.39, 0.29) is 0 Å². The van der Waals surface area contributed by atoms with Crippen LogP contribution in [0.15, 0.2) is 0 Å². The van der Waals surface area contributed by atoms with Crippen LogP contribution in [-0.2, 0) is 0 Å². The highest BCUT2D eigenvalue weighted by Gasteiger charge is 2.47. The van der Waals surface area contributed by atoms with Crippen molar-refractivity contribution in [1.29, 1.82) is 0 Å². The zero-order valence-electron chi connectivity index (χ0n) is 15.2. The predicted molar refractivity (Wildman–Crippen MR) is 92.7 cm³/mol. The van der Waals surface area contributed by atoms with Crippen LogP contribution in [0.2, 0.25) is 0 Å². The summed E-state index contributed by atoms with van der Waals surface area (Å²) < 4.78 is 0. The molecule has 0 aromatic rings. The first-order chi connectivity index (χ1) is 10.1. The van der Waals surface area contributed by atoms with Crippen molar-refractivity contribution < 1.29 is 0 Å². The molecule has 0 aromatic carbocycles. The molecular weight excluding hydrogens is 256 g/mol. The Morgan fingerprint density at radius 2 is 1.43 bits per heavy atom. The van der Waals surface area contributed by atoms with Crippen LogP contribution >= 0.6 is 0 Å². The van der Waals surface area contributed by atoms with E-state index >= 15 is 0 Å². The van der Waals surface area contributed by atoms with Gasteiger partial charge >= 0.3 is 0 Å². The maximum atomic E-state index is 2.81. The Kier molecular flexibility index (Phi) is 6.14. The smallest absolute Gasteiger partial charge is 0.0106 e. The molecule has 1 aliphatic carbocycles. The molecule has 2 heteroatoms. The van der Waals surface area contributed by atoms with Crippen molar-refractivity contribution in [3.05, 3.63) is 0 Å². The van der Waals surface area contributed by atoms with E-state index in [1.54, 1.807) is 0 Å². The van der Waals surface area contributed by atoms with Gasteiger partial charge in [0.2, 0.25) is 0 Å². The summed E-state index contributed by atoms with van der Waals surface area (Å²) in [7, 11) is 0. The van der Waals surface area contributed by atoms with Gasteiger partial charge in [0, 0.05) is 12.1 Å². The highest BCUT2D eigenvalue weighted by molar-refractivity contribution is 5.01. The van der Waals surface area contributed by atoms with Crippen molar-refractivity contribution in [1.82, 2.24) is 9.80 Å². The van der Waals surface area contributed by atoms with E-state index in [0.29, 0.717) is 0 Å². The summed E-state index contributed by atoms with van der Waals surface area (Å²) >= 11 is 0. The van der Waals surface area contributed by atoms with Gasteiger partial charge in [0.1, 0.15) is 0 Å². The largest absolute Gasteiger partial charge is 0.301 e. The van der Waals surface area contributed by atoms with Crippen LogP contribution in [-0.4, -0.2) is 48.1 Å². The summed E-state index contributed by atoms with van der Waals surface area (Å²) in [6.45, 7) is 16.6. The molecule has 2 heterocycles. The van der Waals surface area contributed by atoms with Crippen LogP contribution < -0.4 is 0 Å². The minimum absolute atomic E-state index is 0.747. The second-order valence-electron chi connectivity index (χ2n) is 7.91. The quantitative estimate of drug-likeness (QED) is 0.745. The molecule has 3 fully saturated rings. The lowest BCUT2D eigenvalue weighted by Crippen LogP contribution is -2.56. The van der Waals surface area contributed by atoms with Crippen LogP contribution in [0, 0.1) is 11.3 Å². The van der Waals surface area contributed by atoms with E-state index in [9.17, 15) is 0 Å². The van der Waals surface area contributed by atoms with Crippen molar-refractivity contribution in [2.75, 3.05) is 26.2 Å². The highest BCUT2D eigenvalue weighted by Crippen LogP contribution is 2.51. The summed E-state index contributed by atoms with van der Waals surface area (Å²) in [5.74, 6) is 0.972. The first kappa shape index (κ1) is 17.3. The Bertz CT molecular complexity index is 289. The Morgan fingerprint density at radius 3 is 1.90 bits per heavy atom. The maximum absolute atomic E-state index is 2.81. The molecular formula is C19H38N2. The highest BCUT2D eigenvalue weighted by atomic mass is 15.2. The number of hydrogen-bond donors (Lipinski definition) is 0. The van der Waals surface area contributed by atoms with E-state index < -0.39 is 0 Å². The molecule has 3 rings (SSSR count). The molecule has 0 atom stereocenters. The van der Waals surface area contributed by atoms with Gasteiger partial charge in [-0.05, 0) is 89.9 Å². The SMILES string of the molecule is CC.CC1CCN(C2CC3(CCN(C(C)C)CC3)C2)CC1. The summed E-state index contributed by atoms with van der Waals surface area (Å²) in [6.07, 6.45) is 8.81. The van der Waals surface area contributed by atoms with Crippen LogP contribution in [0.1, 0.15) is 73.1 Å². The molecule has 21 heavy (non-hydrogen) atoms. The normalized spacial score (nSPS) is 28.3. The molecule has 124 valence electrons. The van der Waals surface area contributed by atoms with Crippen LogP contribution in [0.5, 0.6) is 0 Å². The Hall–Kier alpha value is -0.0800. The average Bonchev–Trinajstić information content (AvgIpc) is 2.48. The van der Waals surface area contributed by atoms with E-state index in [2.05, 4.69) is 30.6 Å². The number of hydrogen-bond acceptors (Lipinski definition) is 2. The van der Waals surface area contributed by atoms with Gasteiger partial charge in [-0.15, -0.1) is 0 Å². The van der Waals surface area contributed by atoms with E-state index in [0.717, 1.165) is 23.4 Å². The fourth-order valence-electron chi connectivity index (χ4n) is 4.51. The molecule has 0 unspecified atom stereocenters. The molecule has 0 amide bonds. The summed E-state index contributed by atoms with van der Waals surface area (Å²) in [5.41, 5.74) is 0.749. The van der Waals surface area contributed by atoms with E-state index in [4.69, 9.17) is 0 Å². The lowest BCUT2D eigenvalue weighted by molar-refractivity contribution is -0.0552. The maximum Gasteiger partial charge on any atom is 0.0106 e. The van der Waals surface area contributed by atoms with Gasteiger partial charge in [-0.25, -0.2) is 0 Å². The Labute approximate surface area is 133 Å². The zero-order valence-corrected chi connectivity index (χ0v) is 15.2. The molecule has 0 aromatic heterocycles. The zero-order chi connectivity index (χ0) is 15.5. The molecule has 2 aliphatic heterocycles. The van der Waals surface area contributed by atoms with Gasteiger partial charge in [0.15, 0.2) is 0 Å². The second-order valence-corrected chi connectivity index (χ2v) is 7.91. The third kappa shape index (κ3) is 4.01. The lowest BCUT2D eigenvalue weighted by atomic mass is 9.59. The Balaban J connectivity index is 0.000000774. The third-order valence-electron chi connectivity index (χ3n) is 6.26. The standard InChI is InChI=1S/C17H32N2.C2H6/c1-14(2)18-10-6-17(7-11-18)12-16(13-17)19-8-4-15(3)5-9-19;1-2/h14-16H,4-13H2,1-3H3;1-2H3. The molecule has 2 nitrogen and oxygen atoms in total. The van der Waals surface area contributed by atoms with E-state index in [1.165, 1.54) is 64.7 Å². The van der Waals surface area contributed by atoms with Crippen molar-refractivity contribution >= 4 is 0 Å². The molecule has 1 saturated carbocycles. The fraction of sp³-hybridized carbons (Fsp3) is 1.00. The Morgan fingerprint density at radius 1 is 0.905 bits per heavy atom. The fourth-order valence-corrected chi connectivity index (χ4v) is 4.51. The molecule has 0 N–H and O–H groups in total. The average molecular weight is 295 g/mol. The minimum atomic E-state index is 0.747. The number of likely N-dealkylation sites (tertiary alicyclic amines) is 2.